The molecule has 21 heavy (non-hydrogen) atoms. The average molecular weight is 287 g/mol. The van der Waals surface area contributed by atoms with Crippen LogP contribution in [0.15, 0.2) is 28.8 Å². The molecule has 0 radical (unpaired) electrons. The number of hydrogen-bond acceptors (Lipinski definition) is 5. The number of aromatic nitrogens is 2. The van der Waals surface area contributed by atoms with Gasteiger partial charge in [0.15, 0.2) is 0 Å². The van der Waals surface area contributed by atoms with E-state index in [1.807, 2.05) is 6.07 Å². The number of benzene rings is 1. The number of anilines is 1. The third kappa shape index (κ3) is 2.78. The maximum absolute atomic E-state index is 5.44. The number of methoxy groups -OCH3 is 1. The molecule has 1 aromatic heterocycles. The third-order valence-corrected chi connectivity index (χ3v) is 3.96. The first-order chi connectivity index (χ1) is 10.2. The molecule has 0 spiro atoms. The smallest absolute Gasteiger partial charge is 0.227 e. The molecule has 1 aromatic carbocycles. The minimum absolute atomic E-state index is 0.114. The van der Waals surface area contributed by atoms with E-state index in [4.69, 9.17) is 9.26 Å². The predicted octanol–water partition coefficient (Wildman–Crippen LogP) is 3.16. The van der Waals surface area contributed by atoms with Crippen molar-refractivity contribution in [3.63, 3.8) is 0 Å². The summed E-state index contributed by atoms with van der Waals surface area (Å²) in [5.74, 6) is 2.02. The van der Waals surface area contributed by atoms with Gasteiger partial charge in [0, 0.05) is 31.7 Å². The summed E-state index contributed by atoms with van der Waals surface area (Å²) in [6.45, 7) is 5.08. The van der Waals surface area contributed by atoms with Crippen LogP contribution in [0.3, 0.4) is 0 Å². The lowest BCUT2D eigenvalue weighted by Crippen LogP contribution is -2.11. The van der Waals surface area contributed by atoms with E-state index in [-0.39, 0.29) is 6.10 Å². The van der Waals surface area contributed by atoms with Crippen LogP contribution in [-0.4, -0.2) is 23.8 Å². The molecule has 0 saturated heterocycles. The number of nitrogens with zero attached hydrogens (tertiary/aromatic N) is 2. The molecule has 1 N–H and O–H groups in total. The Labute approximate surface area is 124 Å². The molecule has 3 rings (SSSR count). The Balaban J connectivity index is 1.74. The topological polar surface area (TPSA) is 60.2 Å². The summed E-state index contributed by atoms with van der Waals surface area (Å²) in [5, 5.41) is 7.49. The summed E-state index contributed by atoms with van der Waals surface area (Å²) >= 11 is 0. The van der Waals surface area contributed by atoms with Crippen molar-refractivity contribution in [2.24, 2.45) is 5.92 Å². The molecule has 2 atom stereocenters. The van der Waals surface area contributed by atoms with Gasteiger partial charge < -0.3 is 14.6 Å². The van der Waals surface area contributed by atoms with Crippen molar-refractivity contribution in [3.8, 4) is 0 Å². The highest BCUT2D eigenvalue weighted by Crippen LogP contribution is 2.33. The van der Waals surface area contributed by atoms with E-state index in [0.29, 0.717) is 23.6 Å². The minimum atomic E-state index is -0.114. The highest BCUT2D eigenvalue weighted by Gasteiger charge is 2.26. The lowest BCUT2D eigenvalue weighted by molar-refractivity contribution is 0.0555. The molecule has 5 heteroatoms. The summed E-state index contributed by atoms with van der Waals surface area (Å²) in [5.41, 5.74) is 2.53. The molecule has 2 unspecified atom stereocenters. The van der Waals surface area contributed by atoms with Gasteiger partial charge in [0.05, 0.1) is 0 Å². The predicted molar refractivity (Wildman–Crippen MR) is 80.3 cm³/mol. The number of ether oxygens (including phenoxy) is 1. The maximum atomic E-state index is 5.44. The molecule has 0 aliphatic carbocycles. The molecule has 2 aromatic rings. The number of nitrogens with one attached hydrogen (secondary N) is 1. The van der Waals surface area contributed by atoms with Crippen LogP contribution in [0.4, 0.5) is 5.69 Å². The Kier molecular flexibility index (Phi) is 3.92. The fourth-order valence-electron chi connectivity index (χ4n) is 2.89. The minimum Gasteiger partial charge on any atom is -0.384 e. The van der Waals surface area contributed by atoms with Crippen LogP contribution in [0.5, 0.6) is 0 Å². The van der Waals surface area contributed by atoms with Crippen LogP contribution in [-0.2, 0) is 11.2 Å². The Hall–Kier alpha value is -1.88. The van der Waals surface area contributed by atoms with Gasteiger partial charge in [0.1, 0.15) is 6.10 Å². The summed E-state index contributed by atoms with van der Waals surface area (Å²) in [6, 6.07) is 8.38. The van der Waals surface area contributed by atoms with Crippen molar-refractivity contribution in [1.82, 2.24) is 10.1 Å². The largest absolute Gasteiger partial charge is 0.384 e. The van der Waals surface area contributed by atoms with E-state index in [0.717, 1.165) is 13.0 Å². The molecule has 112 valence electrons. The molecule has 1 aliphatic heterocycles. The summed E-state index contributed by atoms with van der Waals surface area (Å²) in [4.78, 5) is 4.51. The van der Waals surface area contributed by atoms with Gasteiger partial charge in [-0.2, -0.15) is 4.98 Å². The van der Waals surface area contributed by atoms with Crippen molar-refractivity contribution in [3.05, 3.63) is 41.5 Å². The second-order valence-corrected chi connectivity index (χ2v) is 5.82. The summed E-state index contributed by atoms with van der Waals surface area (Å²) in [7, 11) is 1.68. The Morgan fingerprint density at radius 2 is 2.19 bits per heavy atom. The molecular formula is C16H21N3O2. The third-order valence-electron chi connectivity index (χ3n) is 3.96. The highest BCUT2D eigenvalue weighted by molar-refractivity contribution is 5.57. The van der Waals surface area contributed by atoms with Crippen LogP contribution in [0.2, 0.25) is 0 Å². The molecule has 0 amide bonds. The number of hydrogen-bond donors (Lipinski definition) is 1. The molecule has 2 heterocycles. The van der Waals surface area contributed by atoms with Crippen LogP contribution in [0.1, 0.15) is 43.1 Å². The van der Waals surface area contributed by atoms with Gasteiger partial charge in [-0.05, 0) is 17.5 Å². The van der Waals surface area contributed by atoms with Gasteiger partial charge in [0.2, 0.25) is 11.7 Å². The van der Waals surface area contributed by atoms with Crippen LogP contribution >= 0.6 is 0 Å². The first-order valence-electron chi connectivity index (χ1n) is 7.37. The zero-order chi connectivity index (χ0) is 14.8. The second-order valence-electron chi connectivity index (χ2n) is 5.82. The van der Waals surface area contributed by atoms with E-state index in [1.54, 1.807) is 7.11 Å². The van der Waals surface area contributed by atoms with Crippen molar-refractivity contribution in [2.45, 2.75) is 32.3 Å². The summed E-state index contributed by atoms with van der Waals surface area (Å²) in [6.07, 6.45) is 0.641. The zero-order valence-electron chi connectivity index (χ0n) is 12.7. The molecule has 1 aliphatic rings. The van der Waals surface area contributed by atoms with Crippen LogP contribution in [0.25, 0.3) is 0 Å². The van der Waals surface area contributed by atoms with E-state index in [1.165, 1.54) is 11.3 Å². The lowest BCUT2D eigenvalue weighted by Gasteiger charge is -2.14. The van der Waals surface area contributed by atoms with E-state index in [2.05, 4.69) is 47.5 Å². The number of para-hydroxylation sites is 1. The first-order valence-corrected chi connectivity index (χ1v) is 7.37. The fourth-order valence-corrected chi connectivity index (χ4v) is 2.89. The van der Waals surface area contributed by atoms with Gasteiger partial charge in [-0.15, -0.1) is 0 Å². The highest BCUT2D eigenvalue weighted by atomic mass is 16.5. The monoisotopic (exact) mass is 287 g/mol. The van der Waals surface area contributed by atoms with Crippen molar-refractivity contribution >= 4 is 5.69 Å². The second kappa shape index (κ2) is 5.85. The fraction of sp³-hybridized carbons (Fsp3) is 0.500. The molecule has 5 nitrogen and oxygen atoms in total. The van der Waals surface area contributed by atoms with Crippen LogP contribution < -0.4 is 5.32 Å². The van der Waals surface area contributed by atoms with Gasteiger partial charge in [-0.3, -0.25) is 0 Å². The van der Waals surface area contributed by atoms with E-state index in [9.17, 15) is 0 Å². The SMILES string of the molecule is COC(c1noc(CC2CNc3ccccc32)n1)C(C)C. The van der Waals surface area contributed by atoms with Crippen molar-refractivity contribution < 1.29 is 9.26 Å². The first kappa shape index (κ1) is 14.1. The molecule has 0 fully saturated rings. The number of fused-ring (bicyclic) bond motifs is 1. The van der Waals surface area contributed by atoms with Gasteiger partial charge in [-0.25, -0.2) is 0 Å². The molecular weight excluding hydrogens is 266 g/mol. The van der Waals surface area contributed by atoms with Crippen LogP contribution in [0, 0.1) is 5.92 Å². The standard InChI is InChI=1S/C16H21N3O2/c1-10(2)15(20-3)16-18-14(21-19-16)8-11-9-17-13-7-5-4-6-12(11)13/h4-7,10-11,15,17H,8-9H2,1-3H3. The molecule has 0 bridgehead atoms. The van der Waals surface area contributed by atoms with Gasteiger partial charge >= 0.3 is 0 Å². The molecule has 0 saturated carbocycles. The zero-order valence-corrected chi connectivity index (χ0v) is 12.7. The van der Waals surface area contributed by atoms with E-state index >= 15 is 0 Å². The Morgan fingerprint density at radius 3 is 2.95 bits per heavy atom. The number of rotatable bonds is 5. The van der Waals surface area contributed by atoms with Crippen molar-refractivity contribution in [2.75, 3.05) is 19.0 Å². The van der Waals surface area contributed by atoms with Crippen molar-refractivity contribution in [1.29, 1.82) is 0 Å². The normalized spacial score (nSPS) is 18.6. The Bertz CT molecular complexity index is 609. The van der Waals surface area contributed by atoms with Gasteiger partial charge in [0.25, 0.3) is 0 Å². The van der Waals surface area contributed by atoms with Gasteiger partial charge in [-0.1, -0.05) is 37.2 Å². The average Bonchev–Trinajstić information content (AvgIpc) is 3.08. The van der Waals surface area contributed by atoms with E-state index < -0.39 is 0 Å². The quantitative estimate of drug-likeness (QED) is 0.915. The Morgan fingerprint density at radius 1 is 1.38 bits per heavy atom. The maximum Gasteiger partial charge on any atom is 0.227 e. The lowest BCUT2D eigenvalue weighted by atomic mass is 9.98. The summed E-state index contributed by atoms with van der Waals surface area (Å²) < 4.78 is 10.8.